The molecule has 208 valence electrons. The van der Waals surface area contributed by atoms with Crippen molar-refractivity contribution in [3.05, 3.63) is 64.7 Å². The van der Waals surface area contributed by atoms with Crippen molar-refractivity contribution in [3.8, 4) is 11.5 Å². The molecule has 6 unspecified atom stereocenters. The van der Waals surface area contributed by atoms with Gasteiger partial charge in [-0.15, -0.1) is 23.2 Å². The Labute approximate surface area is 252 Å². The van der Waals surface area contributed by atoms with Crippen LogP contribution in [0.1, 0.15) is 24.3 Å². The molecule has 0 radical (unpaired) electrons. The maximum Gasteiger partial charge on any atom is 0.254 e. The Morgan fingerprint density at radius 3 is 2.38 bits per heavy atom. The number of likely N-dealkylation sites (tertiary alicyclic amines) is 1. The molecule has 0 bridgehead atoms. The van der Waals surface area contributed by atoms with Crippen LogP contribution in [0, 0.1) is 17.8 Å². The Bertz CT molecular complexity index is 1520. The summed E-state index contributed by atoms with van der Waals surface area (Å²) in [5.74, 6) is -5.63. The number of hydrogen-bond acceptors (Lipinski definition) is 6. The van der Waals surface area contributed by atoms with Gasteiger partial charge in [-0.3, -0.25) is 29.0 Å². The summed E-state index contributed by atoms with van der Waals surface area (Å²) >= 11 is 23.6. The van der Waals surface area contributed by atoms with Gasteiger partial charge in [0.15, 0.2) is 9.75 Å². The van der Waals surface area contributed by atoms with Crippen molar-refractivity contribution in [3.63, 3.8) is 0 Å². The molecule has 6 rings (SSSR count). The zero-order valence-corrected chi connectivity index (χ0v) is 24.8. The molecule has 40 heavy (non-hydrogen) atoms. The third-order valence-electron chi connectivity index (χ3n) is 8.65. The predicted molar refractivity (Wildman–Crippen MR) is 152 cm³/mol. The van der Waals surface area contributed by atoms with Crippen molar-refractivity contribution in [1.82, 2.24) is 4.90 Å². The Balaban J connectivity index is 1.55. The summed E-state index contributed by atoms with van der Waals surface area (Å²) in [7, 11) is 1.41. The second-order valence-electron chi connectivity index (χ2n) is 10.4. The third kappa shape index (κ3) is 3.44. The van der Waals surface area contributed by atoms with E-state index in [1.165, 1.54) is 13.2 Å². The van der Waals surface area contributed by atoms with Gasteiger partial charge in [-0.1, -0.05) is 45.2 Å². The lowest BCUT2D eigenvalue weighted by Crippen LogP contribution is -2.60. The van der Waals surface area contributed by atoms with Crippen molar-refractivity contribution in [1.29, 1.82) is 0 Å². The first-order valence-electron chi connectivity index (χ1n) is 12.5. The summed E-state index contributed by atoms with van der Waals surface area (Å²) in [5.41, 5.74) is 0.984. The number of rotatable bonds is 4. The fourth-order valence-corrected chi connectivity index (χ4v) is 8.45. The molecule has 4 amide bonds. The Kier molecular flexibility index (Phi) is 6.53. The lowest BCUT2D eigenvalue weighted by atomic mass is 9.56. The van der Waals surface area contributed by atoms with Crippen molar-refractivity contribution < 1.29 is 29.0 Å². The lowest BCUT2D eigenvalue weighted by molar-refractivity contribution is -0.138. The van der Waals surface area contributed by atoms with Gasteiger partial charge in [0, 0.05) is 16.5 Å². The van der Waals surface area contributed by atoms with Crippen LogP contribution in [0.4, 0.5) is 5.69 Å². The minimum Gasteiger partial charge on any atom is -0.508 e. The molecular weight excluding hydrogens is 647 g/mol. The number of phenolic OH excluding ortho intramolecular Hbond substituents is 1. The highest BCUT2D eigenvalue weighted by Crippen LogP contribution is 2.67. The van der Waals surface area contributed by atoms with E-state index in [-0.39, 0.29) is 41.3 Å². The van der Waals surface area contributed by atoms with E-state index in [4.69, 9.17) is 39.5 Å². The summed E-state index contributed by atoms with van der Waals surface area (Å²) in [5, 5.41) is 11.5. The monoisotopic (exact) mass is 666 g/mol. The molecule has 8 nitrogen and oxygen atoms in total. The van der Waals surface area contributed by atoms with Crippen molar-refractivity contribution in [2.75, 3.05) is 17.5 Å². The Morgan fingerprint density at radius 1 is 1.02 bits per heavy atom. The summed E-state index contributed by atoms with van der Waals surface area (Å²) < 4.78 is 5.56. The minimum atomic E-state index is -2.04. The fourth-order valence-electron chi connectivity index (χ4n) is 6.92. The number of benzene rings is 2. The smallest absolute Gasteiger partial charge is 0.254 e. The number of aromatic hydroxyl groups is 1. The summed E-state index contributed by atoms with van der Waals surface area (Å²) in [6.07, 6.45) is 1.84. The number of phenols is 1. The number of nitrogens with zero attached hydrogens (tertiary/aromatic N) is 2. The van der Waals surface area contributed by atoms with Crippen LogP contribution >= 0.6 is 50.7 Å². The van der Waals surface area contributed by atoms with E-state index in [1.807, 2.05) is 0 Å². The van der Waals surface area contributed by atoms with Crippen LogP contribution in [0.15, 0.2) is 54.1 Å². The summed E-state index contributed by atoms with van der Waals surface area (Å²) in [4.78, 5) is 53.2. The van der Waals surface area contributed by atoms with Gasteiger partial charge in [0.05, 0.1) is 30.1 Å². The number of allylic oxidation sites excluding steroid dienone is 2. The number of methoxy groups -OCH3 is 1. The average molecular weight is 669 g/mol. The van der Waals surface area contributed by atoms with Crippen LogP contribution in [-0.4, -0.2) is 55.9 Å². The van der Waals surface area contributed by atoms with E-state index in [2.05, 4.69) is 15.9 Å². The van der Waals surface area contributed by atoms with E-state index < -0.39 is 51.1 Å². The van der Waals surface area contributed by atoms with Gasteiger partial charge in [0.25, 0.3) is 11.8 Å². The average Bonchev–Trinajstić information content (AvgIpc) is 3.27. The molecule has 4 aliphatic rings. The molecule has 2 aromatic carbocycles. The minimum absolute atomic E-state index is 0.143. The van der Waals surface area contributed by atoms with Gasteiger partial charge in [-0.25, -0.2) is 0 Å². The third-order valence-corrected chi connectivity index (χ3v) is 10.8. The van der Waals surface area contributed by atoms with Crippen LogP contribution in [0.3, 0.4) is 0 Å². The van der Waals surface area contributed by atoms with Crippen LogP contribution in [0.5, 0.6) is 11.5 Å². The molecule has 2 aliphatic heterocycles. The summed E-state index contributed by atoms with van der Waals surface area (Å²) in [6.45, 7) is 0. The topological polar surface area (TPSA) is 104 Å². The molecule has 3 fully saturated rings. The number of ether oxygens (including phenoxy) is 1. The van der Waals surface area contributed by atoms with Crippen LogP contribution in [0.25, 0.3) is 0 Å². The maximum atomic E-state index is 14.0. The molecule has 2 aromatic rings. The Morgan fingerprint density at radius 2 is 1.73 bits per heavy atom. The molecule has 2 aliphatic carbocycles. The van der Waals surface area contributed by atoms with Gasteiger partial charge in [0.2, 0.25) is 11.8 Å². The van der Waals surface area contributed by atoms with Crippen molar-refractivity contribution in [2.45, 2.75) is 28.5 Å². The summed E-state index contributed by atoms with van der Waals surface area (Å²) in [6, 6.07) is 11.0. The van der Waals surface area contributed by atoms with Gasteiger partial charge in [-0.05, 0) is 55.2 Å². The molecule has 0 aromatic heterocycles. The normalized spacial score (nSPS) is 33.1. The van der Waals surface area contributed by atoms with E-state index in [1.54, 1.807) is 42.5 Å². The fraction of sp³-hybridized carbons (Fsp3) is 0.357. The van der Waals surface area contributed by atoms with E-state index >= 15 is 0 Å². The second-order valence-corrected chi connectivity index (χ2v) is 12.5. The van der Waals surface area contributed by atoms with Gasteiger partial charge >= 0.3 is 0 Å². The molecule has 6 atom stereocenters. The molecule has 12 heteroatoms. The molecule has 1 N–H and O–H groups in total. The maximum absolute atomic E-state index is 14.0. The Hall–Kier alpha value is -2.59. The highest BCUT2D eigenvalue weighted by Gasteiger charge is 2.76. The molecule has 0 spiro atoms. The number of fused-ring (bicyclic) bond motifs is 4. The van der Waals surface area contributed by atoms with E-state index in [0.29, 0.717) is 16.3 Å². The predicted octanol–water partition coefficient (Wildman–Crippen LogP) is 4.97. The standard InChI is InChI=1S/C28H22BrCl3N2O6/c1-40-19-4-2-3-18(35)21(19)22-15-9-10-16-20(24(37)34(23(16)36)14-7-5-13(30)6-8-14)17(15)11-27(31)25(38)33(12-29)26(39)28(22,27)32/h2-9,16-17,20,22,35H,10-12H2,1H3. The SMILES string of the molecule is COc1cccc(O)c1C1C2=CCC3C(=O)N(c4ccc(Cl)cc4)C(=O)C3C2CC2(Cl)C(=O)N(CBr)C(=O)C12Cl. The van der Waals surface area contributed by atoms with E-state index in [0.717, 1.165) is 9.80 Å². The number of hydrogen-bond donors (Lipinski definition) is 1. The first-order chi connectivity index (χ1) is 19.0. The number of alkyl halides is 3. The molecule has 1 saturated carbocycles. The molecule has 2 saturated heterocycles. The van der Waals surface area contributed by atoms with E-state index in [9.17, 15) is 24.3 Å². The number of halogens is 4. The van der Waals surface area contributed by atoms with Crippen LogP contribution < -0.4 is 9.64 Å². The zero-order chi connectivity index (χ0) is 28.7. The van der Waals surface area contributed by atoms with Gasteiger partial charge in [-0.2, -0.15) is 0 Å². The first-order valence-corrected chi connectivity index (χ1v) is 14.8. The first kappa shape index (κ1) is 27.6. The largest absolute Gasteiger partial charge is 0.508 e. The van der Waals surface area contributed by atoms with Gasteiger partial charge < -0.3 is 9.84 Å². The second kappa shape index (κ2) is 9.48. The molecule has 2 heterocycles. The van der Waals surface area contributed by atoms with Crippen molar-refractivity contribution in [2.24, 2.45) is 17.8 Å². The molecular formula is C28H22BrCl3N2O6. The highest BCUT2D eigenvalue weighted by atomic mass is 79.9. The number of imide groups is 2. The number of anilines is 1. The van der Waals surface area contributed by atoms with Crippen LogP contribution in [0.2, 0.25) is 5.02 Å². The lowest BCUT2D eigenvalue weighted by Gasteiger charge is -2.50. The number of amides is 4. The van der Waals surface area contributed by atoms with Crippen LogP contribution in [-0.2, 0) is 19.2 Å². The number of carbonyl (C=O) groups excluding carboxylic acids is 4. The number of carbonyl (C=O) groups is 4. The zero-order valence-electron chi connectivity index (χ0n) is 20.9. The van der Waals surface area contributed by atoms with Gasteiger partial charge in [0.1, 0.15) is 11.5 Å². The quantitative estimate of drug-likeness (QED) is 0.214. The van der Waals surface area contributed by atoms with Crippen molar-refractivity contribution >= 4 is 80.0 Å². The highest BCUT2D eigenvalue weighted by molar-refractivity contribution is 9.09.